The molecule has 4 amide bonds. The zero-order chi connectivity index (χ0) is 48.7. The summed E-state index contributed by atoms with van der Waals surface area (Å²) in [6.07, 6.45) is 3.75. The molecule has 3 aromatic carbocycles. The first-order valence-electron chi connectivity index (χ1n) is 23.4. The number of carbonyl (C=O) groups excluding carboxylic acids is 5. The maximum atomic E-state index is 14.1. The molecule has 5 N–H and O–H groups in total. The summed E-state index contributed by atoms with van der Waals surface area (Å²) < 4.78 is 36.4. The van der Waals surface area contributed by atoms with Crippen LogP contribution in [0.15, 0.2) is 54.6 Å². The van der Waals surface area contributed by atoms with Crippen LogP contribution >= 0.6 is 0 Å². The number of H-pyrrole nitrogens is 1. The minimum absolute atomic E-state index is 0.0145. The smallest absolute Gasteiger partial charge is 0.409 e. The minimum Gasteiger partial charge on any atom is -0.448 e. The van der Waals surface area contributed by atoms with Crippen LogP contribution in [-0.2, 0) is 35.0 Å². The second kappa shape index (κ2) is 24.7. The third-order valence-corrected chi connectivity index (χ3v) is 12.3. The zero-order valence-electron chi connectivity index (χ0n) is 39.7. The van der Waals surface area contributed by atoms with Gasteiger partial charge in [0.15, 0.2) is 5.78 Å². The fourth-order valence-corrected chi connectivity index (χ4v) is 8.68. The minimum atomic E-state index is -0.565. The molecule has 0 bridgehead atoms. The number of anilines is 1. The number of amides is 4. The zero-order valence-corrected chi connectivity index (χ0v) is 39.7. The maximum Gasteiger partial charge on any atom is 0.409 e. The van der Waals surface area contributed by atoms with E-state index in [1.807, 2.05) is 50.2 Å². The van der Waals surface area contributed by atoms with Crippen LogP contribution in [0, 0.1) is 19.7 Å². The van der Waals surface area contributed by atoms with E-state index < -0.39 is 17.8 Å². The van der Waals surface area contributed by atoms with Crippen LogP contribution in [0.2, 0.25) is 0 Å². The Morgan fingerprint density at radius 2 is 1.76 bits per heavy atom. The summed E-state index contributed by atoms with van der Waals surface area (Å²) in [6.45, 7) is 10.2. The molecule has 1 aliphatic carbocycles. The van der Waals surface area contributed by atoms with Crippen LogP contribution in [0.3, 0.4) is 0 Å². The van der Waals surface area contributed by atoms with Gasteiger partial charge in [0.05, 0.1) is 23.8 Å². The largest absolute Gasteiger partial charge is 0.448 e. The Kier molecular flexibility index (Phi) is 18.6. The first-order valence-corrected chi connectivity index (χ1v) is 23.4. The van der Waals surface area contributed by atoms with Crippen LogP contribution in [0.1, 0.15) is 112 Å². The lowest BCUT2D eigenvalue weighted by Crippen LogP contribution is -2.39. The standard InChI is InChI=1S/C52H64FN5O10/c1-6-58(22-20-55-51(63)48-33(3)45(56-34(48)4)30-42-41-29-36(53)15-17-44(41)57-50(42)62)52(64)68-31-43-37-10-7-11-39(46(60)12-8-26-67-32(2)19-23-59)49(37)38-16-13-35(28-40(38)43)14-18-47(61)54-21-27-66-25-9-24-65-5/h7,10-11,13,15-17,28-30,32,43,56,59H,6,8-9,12,14,18-27,31H2,1-5H3,(H,54,61)(H,55,63)(H,57,62)/b42-30-. The van der Waals surface area contributed by atoms with Gasteiger partial charge >= 0.3 is 6.09 Å². The molecule has 1 aliphatic heterocycles. The molecule has 4 aromatic rings. The number of fused-ring (bicyclic) bond motifs is 4. The summed E-state index contributed by atoms with van der Waals surface area (Å²) in [7, 11) is 1.64. The van der Waals surface area contributed by atoms with Crippen LogP contribution < -0.4 is 16.0 Å². The number of Topliss-reactive ketones (excluding diaryl/α,β-unsaturated/α-hetero) is 1. The van der Waals surface area contributed by atoms with E-state index in [9.17, 15) is 33.5 Å². The molecule has 364 valence electrons. The Labute approximate surface area is 397 Å². The molecule has 2 heterocycles. The van der Waals surface area contributed by atoms with E-state index in [0.717, 1.165) is 34.2 Å². The van der Waals surface area contributed by atoms with Gasteiger partial charge in [0.25, 0.3) is 11.8 Å². The number of aryl methyl sites for hydroxylation is 2. The van der Waals surface area contributed by atoms with Gasteiger partial charge in [0.2, 0.25) is 5.91 Å². The molecule has 2 atom stereocenters. The predicted molar refractivity (Wildman–Crippen MR) is 257 cm³/mol. The number of likely N-dealkylation sites (N-methyl/N-ethyl adjacent to an activating group) is 1. The Morgan fingerprint density at radius 1 is 0.941 bits per heavy atom. The van der Waals surface area contributed by atoms with E-state index in [2.05, 4.69) is 20.9 Å². The van der Waals surface area contributed by atoms with Gasteiger partial charge in [0, 0.05) is 107 Å². The van der Waals surface area contributed by atoms with E-state index >= 15 is 0 Å². The number of aliphatic hydroxyl groups is 1. The van der Waals surface area contributed by atoms with Gasteiger partial charge < -0.3 is 49.9 Å². The topological polar surface area (TPSA) is 198 Å². The van der Waals surface area contributed by atoms with Gasteiger partial charge in [0.1, 0.15) is 12.4 Å². The second-order valence-corrected chi connectivity index (χ2v) is 17.1. The first-order chi connectivity index (χ1) is 32.8. The van der Waals surface area contributed by atoms with E-state index in [1.165, 1.54) is 23.1 Å². The molecule has 0 saturated carbocycles. The quantitative estimate of drug-likeness (QED) is 0.0246. The van der Waals surface area contributed by atoms with Crippen molar-refractivity contribution < 1.29 is 52.4 Å². The Morgan fingerprint density at radius 3 is 2.54 bits per heavy atom. The highest BCUT2D eigenvalue weighted by Gasteiger charge is 2.34. The number of hydrogen-bond donors (Lipinski definition) is 5. The Bertz CT molecular complexity index is 2480. The van der Waals surface area contributed by atoms with Crippen molar-refractivity contribution >= 4 is 46.9 Å². The van der Waals surface area contributed by atoms with Crippen molar-refractivity contribution in [3.8, 4) is 11.1 Å². The number of nitrogens with one attached hydrogen (secondary N) is 4. The molecular weight excluding hydrogens is 874 g/mol. The van der Waals surface area contributed by atoms with Crippen molar-refractivity contribution in [2.24, 2.45) is 0 Å². The van der Waals surface area contributed by atoms with E-state index in [1.54, 1.807) is 27.0 Å². The van der Waals surface area contributed by atoms with Gasteiger partial charge in [-0.3, -0.25) is 19.2 Å². The predicted octanol–water partition coefficient (Wildman–Crippen LogP) is 7.12. The number of nitrogens with zero attached hydrogens (tertiary/aromatic N) is 1. The number of methoxy groups -OCH3 is 1. The molecule has 2 unspecified atom stereocenters. The lowest BCUT2D eigenvalue weighted by molar-refractivity contribution is -0.121. The molecule has 2 aliphatic rings. The summed E-state index contributed by atoms with van der Waals surface area (Å²) in [5.74, 6) is -1.73. The number of aromatic nitrogens is 1. The number of ketones is 1. The van der Waals surface area contributed by atoms with Crippen LogP contribution in [-0.4, -0.2) is 124 Å². The van der Waals surface area contributed by atoms with Crippen molar-refractivity contribution in [1.29, 1.82) is 0 Å². The van der Waals surface area contributed by atoms with Crippen molar-refractivity contribution in [2.75, 3.05) is 78.2 Å². The monoisotopic (exact) mass is 937 g/mol. The number of aromatic amines is 1. The lowest BCUT2D eigenvalue weighted by atomic mass is 9.93. The molecule has 0 saturated heterocycles. The van der Waals surface area contributed by atoms with Crippen LogP contribution in [0.4, 0.5) is 14.9 Å². The molecule has 16 heteroatoms. The third-order valence-electron chi connectivity index (χ3n) is 12.3. The average molecular weight is 938 g/mol. The summed E-state index contributed by atoms with van der Waals surface area (Å²) in [5.41, 5.74) is 8.27. The van der Waals surface area contributed by atoms with Gasteiger partial charge in [-0.05, 0) is 111 Å². The molecular formula is C52H64FN5O10. The Hall–Kier alpha value is -6.20. The summed E-state index contributed by atoms with van der Waals surface area (Å²) in [5, 5.41) is 17.8. The third kappa shape index (κ3) is 12.9. The summed E-state index contributed by atoms with van der Waals surface area (Å²) in [4.78, 5) is 71.3. The molecule has 0 radical (unpaired) electrons. The Balaban J connectivity index is 1.11. The fraction of sp³-hybridized carbons (Fsp3) is 0.442. The highest BCUT2D eigenvalue weighted by molar-refractivity contribution is 6.35. The van der Waals surface area contributed by atoms with E-state index in [4.69, 9.17) is 18.9 Å². The van der Waals surface area contributed by atoms with Gasteiger partial charge in [-0.1, -0.05) is 36.4 Å². The number of rotatable bonds is 26. The van der Waals surface area contributed by atoms with Crippen molar-refractivity contribution in [1.82, 2.24) is 20.5 Å². The number of hydrogen-bond acceptors (Lipinski definition) is 10. The number of benzene rings is 3. The number of aliphatic hydroxyl groups excluding tert-OH is 1. The van der Waals surface area contributed by atoms with E-state index in [-0.39, 0.29) is 74.3 Å². The fourth-order valence-electron chi connectivity index (χ4n) is 8.68. The molecule has 1 aromatic heterocycles. The molecule has 6 rings (SSSR count). The normalized spacial score (nSPS) is 14.5. The highest BCUT2D eigenvalue weighted by Crippen LogP contribution is 2.47. The second-order valence-electron chi connectivity index (χ2n) is 17.1. The molecule has 0 spiro atoms. The molecule has 15 nitrogen and oxygen atoms in total. The van der Waals surface area contributed by atoms with E-state index in [0.29, 0.717) is 98.1 Å². The SMILES string of the molecule is CCN(CCNC(=O)c1c(C)[nH]c(/C=C2\C(=O)Nc3ccc(F)cc32)c1C)C(=O)OCC1c2cc(CCC(=O)NCCOCCCOC)ccc2-c2c(C(=O)CCCOC(C)CCO)cccc21. The van der Waals surface area contributed by atoms with Crippen molar-refractivity contribution in [3.05, 3.63) is 111 Å². The maximum absolute atomic E-state index is 14.1. The van der Waals surface area contributed by atoms with Crippen LogP contribution in [0.5, 0.6) is 0 Å². The molecule has 0 fully saturated rings. The number of carbonyl (C=O) groups is 5. The van der Waals surface area contributed by atoms with Crippen LogP contribution in [0.25, 0.3) is 22.8 Å². The molecule has 68 heavy (non-hydrogen) atoms. The lowest BCUT2D eigenvalue weighted by Gasteiger charge is -2.22. The first kappa shape index (κ1) is 51.2. The summed E-state index contributed by atoms with van der Waals surface area (Å²) in [6, 6.07) is 15.7. The number of halogens is 1. The van der Waals surface area contributed by atoms with Gasteiger partial charge in [-0.15, -0.1) is 0 Å². The van der Waals surface area contributed by atoms with Crippen molar-refractivity contribution in [3.63, 3.8) is 0 Å². The summed E-state index contributed by atoms with van der Waals surface area (Å²) >= 11 is 0. The number of ether oxygens (including phenoxy) is 4. The highest BCUT2D eigenvalue weighted by atomic mass is 19.1. The average Bonchev–Trinajstić information content (AvgIpc) is 3.92. The van der Waals surface area contributed by atoms with Gasteiger partial charge in [-0.2, -0.15) is 0 Å². The van der Waals surface area contributed by atoms with Crippen molar-refractivity contribution in [2.45, 2.75) is 78.2 Å². The van der Waals surface area contributed by atoms with Gasteiger partial charge in [-0.25, -0.2) is 9.18 Å².